The Morgan fingerprint density at radius 3 is 2.65 bits per heavy atom. The van der Waals surface area contributed by atoms with Gasteiger partial charge in [0.05, 0.1) is 17.5 Å². The average Bonchev–Trinajstić information content (AvgIpc) is 2.86. The van der Waals surface area contributed by atoms with E-state index in [2.05, 4.69) is 15.3 Å². The maximum atomic E-state index is 13.3. The van der Waals surface area contributed by atoms with Gasteiger partial charge in [0, 0.05) is 25.1 Å². The normalized spacial score (nSPS) is 11.1. The molecular formula is C26H22N6O2. The molecule has 0 fully saturated rings. The largest absolute Gasteiger partial charge is 0.348 e. The molecule has 0 aliphatic rings. The number of carbonyl (C=O) groups excluding carboxylic acids is 1. The minimum absolute atomic E-state index is 0.0102. The van der Waals surface area contributed by atoms with Crippen molar-refractivity contribution in [2.24, 2.45) is 0 Å². The summed E-state index contributed by atoms with van der Waals surface area (Å²) in [6.45, 7) is 2.57. The van der Waals surface area contributed by atoms with Crippen LogP contribution >= 0.6 is 0 Å². The van der Waals surface area contributed by atoms with Gasteiger partial charge >= 0.3 is 0 Å². The van der Waals surface area contributed by atoms with Gasteiger partial charge in [-0.1, -0.05) is 42.0 Å². The summed E-state index contributed by atoms with van der Waals surface area (Å²) in [7, 11) is 0. The average molecular weight is 451 g/mol. The summed E-state index contributed by atoms with van der Waals surface area (Å²) < 4.78 is 3.06. The van der Waals surface area contributed by atoms with Gasteiger partial charge in [0.15, 0.2) is 0 Å². The molecule has 4 heterocycles. The topological polar surface area (TPSA) is 105 Å². The minimum Gasteiger partial charge on any atom is -0.348 e. The van der Waals surface area contributed by atoms with Crippen LogP contribution in [-0.4, -0.2) is 24.8 Å². The lowest BCUT2D eigenvalue weighted by Gasteiger charge is -2.15. The Hall–Kier alpha value is -4.59. The van der Waals surface area contributed by atoms with Crippen molar-refractivity contribution >= 4 is 22.6 Å². The zero-order chi connectivity index (χ0) is 23.7. The zero-order valence-corrected chi connectivity index (χ0v) is 18.5. The fourth-order valence-corrected chi connectivity index (χ4v) is 3.87. The molecule has 2 N–H and O–H groups in total. The molecule has 0 spiro atoms. The molecule has 168 valence electrons. The number of hydrogen-bond donors (Lipinski definition) is 2. The molecule has 0 saturated heterocycles. The molecule has 5 aromatic rings. The van der Waals surface area contributed by atoms with Gasteiger partial charge in [0.2, 0.25) is 0 Å². The van der Waals surface area contributed by atoms with E-state index in [1.54, 1.807) is 47.4 Å². The summed E-state index contributed by atoms with van der Waals surface area (Å²) in [5, 5.41) is 12.0. The van der Waals surface area contributed by atoms with E-state index < -0.39 is 5.91 Å². The Kier molecular flexibility index (Phi) is 5.47. The summed E-state index contributed by atoms with van der Waals surface area (Å²) in [6, 6.07) is 18.3. The molecule has 0 aliphatic carbocycles. The second-order valence-electron chi connectivity index (χ2n) is 8.11. The van der Waals surface area contributed by atoms with Crippen LogP contribution in [0.25, 0.3) is 16.7 Å². The van der Waals surface area contributed by atoms with Gasteiger partial charge in [-0.2, -0.15) is 0 Å². The van der Waals surface area contributed by atoms with E-state index in [0.717, 1.165) is 16.7 Å². The van der Waals surface area contributed by atoms with Gasteiger partial charge in [-0.3, -0.25) is 24.4 Å². The lowest BCUT2D eigenvalue weighted by molar-refractivity contribution is 0.0948. The third-order valence-corrected chi connectivity index (χ3v) is 5.70. The van der Waals surface area contributed by atoms with E-state index in [-0.39, 0.29) is 28.5 Å². The van der Waals surface area contributed by atoms with E-state index in [9.17, 15) is 9.59 Å². The van der Waals surface area contributed by atoms with E-state index in [0.29, 0.717) is 17.8 Å². The number of fused-ring (bicyclic) bond motifs is 2. The second kappa shape index (κ2) is 8.74. The van der Waals surface area contributed by atoms with Crippen LogP contribution in [0.2, 0.25) is 0 Å². The van der Waals surface area contributed by atoms with Crippen LogP contribution in [-0.2, 0) is 13.1 Å². The standard InChI is InChI=1S/C26H22N6O2/c1-17-7-9-18(10-8-17)16-32-23(27)20(25(33)29-15-19-5-4-11-28-14-19)13-21-24(32)30-22-6-2-3-12-31(22)26(21)34/h2-14,27H,15-16H2,1H3,(H,29,33). The number of carbonyl (C=O) groups is 1. The van der Waals surface area contributed by atoms with Gasteiger partial charge in [-0.15, -0.1) is 0 Å². The highest BCUT2D eigenvalue weighted by atomic mass is 16.1. The quantitative estimate of drug-likeness (QED) is 0.402. The number of nitrogens with one attached hydrogen (secondary N) is 2. The second-order valence-corrected chi connectivity index (χ2v) is 8.11. The summed E-state index contributed by atoms with van der Waals surface area (Å²) in [5.74, 6) is -0.439. The van der Waals surface area contributed by atoms with Crippen LogP contribution in [0, 0.1) is 12.3 Å². The van der Waals surface area contributed by atoms with Crippen molar-refractivity contribution in [1.82, 2.24) is 24.3 Å². The van der Waals surface area contributed by atoms with Crippen LogP contribution in [0.1, 0.15) is 27.0 Å². The molecular weight excluding hydrogens is 428 g/mol. The van der Waals surface area contributed by atoms with Crippen molar-refractivity contribution in [3.05, 3.63) is 117 Å². The number of benzene rings is 1. The molecule has 0 aliphatic heterocycles. The SMILES string of the molecule is Cc1ccc(Cn2c(=N)c(C(=O)NCc3cccnc3)cc3c(=O)n4ccccc4nc32)cc1. The van der Waals surface area contributed by atoms with Crippen molar-refractivity contribution in [2.75, 3.05) is 0 Å². The van der Waals surface area contributed by atoms with Gasteiger partial charge in [0.1, 0.15) is 16.8 Å². The molecule has 8 heteroatoms. The van der Waals surface area contributed by atoms with E-state index in [1.807, 2.05) is 37.3 Å². The maximum absolute atomic E-state index is 13.3. The molecule has 0 bridgehead atoms. The Morgan fingerprint density at radius 2 is 1.88 bits per heavy atom. The van der Waals surface area contributed by atoms with E-state index >= 15 is 0 Å². The van der Waals surface area contributed by atoms with Gasteiger partial charge < -0.3 is 9.88 Å². The van der Waals surface area contributed by atoms with Crippen molar-refractivity contribution < 1.29 is 4.79 Å². The Labute approximate surface area is 194 Å². The van der Waals surface area contributed by atoms with Crippen molar-refractivity contribution in [3.8, 4) is 0 Å². The molecule has 4 aromatic heterocycles. The first kappa shape index (κ1) is 21.3. The van der Waals surface area contributed by atoms with Gasteiger partial charge in [0.25, 0.3) is 11.5 Å². The Morgan fingerprint density at radius 1 is 1.06 bits per heavy atom. The van der Waals surface area contributed by atoms with Crippen molar-refractivity contribution in [3.63, 3.8) is 0 Å². The lowest BCUT2D eigenvalue weighted by atomic mass is 10.1. The molecule has 0 atom stereocenters. The number of aromatic nitrogens is 4. The molecule has 0 saturated carbocycles. The summed E-state index contributed by atoms with van der Waals surface area (Å²) in [6.07, 6.45) is 4.97. The number of rotatable bonds is 5. The van der Waals surface area contributed by atoms with Crippen LogP contribution in [0.4, 0.5) is 0 Å². The maximum Gasteiger partial charge on any atom is 0.267 e. The van der Waals surface area contributed by atoms with E-state index in [4.69, 9.17) is 5.41 Å². The molecule has 0 unspecified atom stereocenters. The molecule has 1 aromatic carbocycles. The summed E-state index contributed by atoms with van der Waals surface area (Å²) >= 11 is 0. The molecule has 34 heavy (non-hydrogen) atoms. The smallest absolute Gasteiger partial charge is 0.267 e. The van der Waals surface area contributed by atoms with Crippen LogP contribution in [0.15, 0.2) is 84.0 Å². The summed E-state index contributed by atoms with van der Waals surface area (Å²) in [4.78, 5) is 35.2. The predicted octanol–water partition coefficient (Wildman–Crippen LogP) is 2.81. The number of nitrogens with zero attached hydrogens (tertiary/aromatic N) is 4. The highest BCUT2D eigenvalue weighted by molar-refractivity contribution is 5.96. The molecule has 5 rings (SSSR count). The predicted molar refractivity (Wildman–Crippen MR) is 129 cm³/mol. The molecule has 1 amide bonds. The van der Waals surface area contributed by atoms with Gasteiger partial charge in [-0.25, -0.2) is 4.98 Å². The van der Waals surface area contributed by atoms with Crippen LogP contribution in [0.5, 0.6) is 0 Å². The number of aryl methyl sites for hydroxylation is 1. The summed E-state index contributed by atoms with van der Waals surface area (Å²) in [5.41, 5.74) is 3.55. The van der Waals surface area contributed by atoms with Gasteiger partial charge in [-0.05, 0) is 42.3 Å². The first-order valence-corrected chi connectivity index (χ1v) is 10.8. The first-order chi connectivity index (χ1) is 16.5. The number of pyridine rings is 3. The Balaban J connectivity index is 1.67. The fourth-order valence-electron chi connectivity index (χ4n) is 3.87. The van der Waals surface area contributed by atoms with Crippen molar-refractivity contribution in [1.29, 1.82) is 5.41 Å². The number of hydrogen-bond acceptors (Lipinski definition) is 5. The fraction of sp³-hybridized carbons (Fsp3) is 0.115. The van der Waals surface area contributed by atoms with Crippen molar-refractivity contribution in [2.45, 2.75) is 20.0 Å². The first-order valence-electron chi connectivity index (χ1n) is 10.8. The van der Waals surface area contributed by atoms with E-state index in [1.165, 1.54) is 10.5 Å². The third-order valence-electron chi connectivity index (χ3n) is 5.70. The zero-order valence-electron chi connectivity index (χ0n) is 18.5. The monoisotopic (exact) mass is 450 g/mol. The molecule has 8 nitrogen and oxygen atoms in total. The van der Waals surface area contributed by atoms with Crippen LogP contribution < -0.4 is 16.4 Å². The highest BCUT2D eigenvalue weighted by Crippen LogP contribution is 2.13. The third kappa shape index (κ3) is 3.97. The number of amides is 1. The van der Waals surface area contributed by atoms with Crippen LogP contribution in [0.3, 0.4) is 0 Å². The Bertz CT molecular complexity index is 1640. The minimum atomic E-state index is -0.439. The lowest BCUT2D eigenvalue weighted by Crippen LogP contribution is -2.35. The molecule has 0 radical (unpaired) electrons. The highest BCUT2D eigenvalue weighted by Gasteiger charge is 2.17.